The van der Waals surface area contributed by atoms with Crippen LogP contribution in [0.15, 0.2) is 59.1 Å². The van der Waals surface area contributed by atoms with E-state index in [-0.39, 0.29) is 5.91 Å². The summed E-state index contributed by atoms with van der Waals surface area (Å²) in [5, 5.41) is 12.7. The molecule has 0 aliphatic heterocycles. The maximum Gasteiger partial charge on any atom is 0.294 e. The summed E-state index contributed by atoms with van der Waals surface area (Å²) < 4.78 is 1.99. The molecule has 2 aromatic heterocycles. The lowest BCUT2D eigenvalue weighted by atomic mass is 10.2. The molecule has 0 radical (unpaired) electrons. The maximum atomic E-state index is 12.0. The van der Waals surface area contributed by atoms with Gasteiger partial charge < -0.3 is 0 Å². The summed E-state index contributed by atoms with van der Waals surface area (Å²) in [4.78, 5) is 21.4. The molecule has 7 nitrogen and oxygen atoms in total. The van der Waals surface area contributed by atoms with Crippen molar-refractivity contribution < 1.29 is 9.63 Å². The van der Waals surface area contributed by atoms with Gasteiger partial charge in [0, 0.05) is 16.6 Å². The molecule has 0 saturated carbocycles. The van der Waals surface area contributed by atoms with E-state index in [2.05, 4.69) is 20.7 Å². The quantitative estimate of drug-likeness (QED) is 0.268. The Morgan fingerprint density at radius 2 is 1.97 bits per heavy atom. The van der Waals surface area contributed by atoms with E-state index in [0.717, 1.165) is 21.8 Å². The average Bonchev–Trinajstić information content (AvgIpc) is 3.44. The summed E-state index contributed by atoms with van der Waals surface area (Å²) >= 11 is 9.36. The van der Waals surface area contributed by atoms with Crippen LogP contribution in [0.2, 0.25) is 5.02 Å². The number of aromatic nitrogens is 4. The number of carbonyl (C=O) groups is 1. The molecule has 2 heterocycles. The molecule has 0 saturated heterocycles. The van der Waals surface area contributed by atoms with E-state index >= 15 is 0 Å². The molecule has 0 spiro atoms. The van der Waals surface area contributed by atoms with Gasteiger partial charge in [0.15, 0.2) is 11.0 Å². The highest BCUT2D eigenvalue weighted by molar-refractivity contribution is 7.98. The van der Waals surface area contributed by atoms with E-state index in [4.69, 9.17) is 16.4 Å². The van der Waals surface area contributed by atoms with Crippen molar-refractivity contribution >= 4 is 40.6 Å². The lowest BCUT2D eigenvalue weighted by Crippen LogP contribution is -2.23. The van der Waals surface area contributed by atoms with Crippen molar-refractivity contribution in [3.63, 3.8) is 0 Å². The van der Waals surface area contributed by atoms with E-state index < -0.39 is 0 Å². The second-order valence-electron chi connectivity index (χ2n) is 6.74. The van der Waals surface area contributed by atoms with Crippen LogP contribution >= 0.6 is 34.7 Å². The van der Waals surface area contributed by atoms with Crippen LogP contribution in [0.5, 0.6) is 0 Å². The highest BCUT2D eigenvalue weighted by Gasteiger charge is 2.19. The van der Waals surface area contributed by atoms with Gasteiger partial charge in [-0.1, -0.05) is 53.2 Å². The summed E-state index contributed by atoms with van der Waals surface area (Å²) in [5.41, 5.74) is 5.59. The Hall–Kier alpha value is -2.72. The maximum absolute atomic E-state index is 12.0. The number of halogens is 1. The lowest BCUT2D eigenvalue weighted by molar-refractivity contribution is 0.0360. The molecule has 1 amide bonds. The van der Waals surface area contributed by atoms with E-state index in [1.165, 1.54) is 23.1 Å². The Morgan fingerprint density at radius 3 is 2.72 bits per heavy atom. The number of carbonyl (C=O) groups excluding carboxylic acids is 1. The first-order valence-electron chi connectivity index (χ1n) is 9.83. The molecule has 164 valence electrons. The minimum atomic E-state index is -0.358. The zero-order chi connectivity index (χ0) is 22.5. The molecule has 0 aliphatic rings. The van der Waals surface area contributed by atoms with Crippen LogP contribution in [0.4, 0.5) is 0 Å². The fourth-order valence-corrected chi connectivity index (χ4v) is 4.87. The average molecular weight is 486 g/mol. The van der Waals surface area contributed by atoms with Gasteiger partial charge in [0.2, 0.25) is 0 Å². The molecule has 0 aliphatic carbocycles. The van der Waals surface area contributed by atoms with Crippen molar-refractivity contribution in [3.05, 3.63) is 75.2 Å². The fourth-order valence-electron chi connectivity index (χ4n) is 2.90. The van der Waals surface area contributed by atoms with Gasteiger partial charge >= 0.3 is 0 Å². The standard InChI is InChI=1S/C22H20ClN5O2S2/c1-3-30-27-21(29)18-12-31-19(24-18)13-32-22-26-25-20(16-6-4-5-7-17(16)23)28(22)15-10-8-14(2)9-11-15/h4-12H,3,13H2,1-2H3,(H,27,29). The number of aryl methyl sites for hydroxylation is 1. The van der Waals surface area contributed by atoms with Gasteiger partial charge in [-0.25, -0.2) is 10.5 Å². The topological polar surface area (TPSA) is 81.9 Å². The van der Waals surface area contributed by atoms with E-state index in [0.29, 0.717) is 34.1 Å². The first-order chi connectivity index (χ1) is 15.6. The van der Waals surface area contributed by atoms with Crippen LogP contribution in [0.25, 0.3) is 17.1 Å². The number of benzene rings is 2. The number of hydrogen-bond donors (Lipinski definition) is 1. The van der Waals surface area contributed by atoms with Crippen LogP contribution < -0.4 is 5.48 Å². The van der Waals surface area contributed by atoms with Gasteiger partial charge in [0.05, 0.1) is 17.4 Å². The highest BCUT2D eigenvalue weighted by Crippen LogP contribution is 2.33. The van der Waals surface area contributed by atoms with Gasteiger partial charge in [0.1, 0.15) is 10.7 Å². The third-order valence-electron chi connectivity index (χ3n) is 4.46. The van der Waals surface area contributed by atoms with Gasteiger partial charge in [-0.05, 0) is 38.1 Å². The number of hydrogen-bond acceptors (Lipinski definition) is 7. The van der Waals surface area contributed by atoms with Gasteiger partial charge in [0.25, 0.3) is 5.91 Å². The Bertz CT molecular complexity index is 1220. The van der Waals surface area contributed by atoms with Crippen LogP contribution in [-0.2, 0) is 10.6 Å². The Balaban J connectivity index is 1.62. The fraction of sp³-hybridized carbons (Fsp3) is 0.182. The molecule has 0 bridgehead atoms. The number of thiazole rings is 1. The largest absolute Gasteiger partial charge is 0.294 e. The van der Waals surface area contributed by atoms with Crippen LogP contribution in [0.3, 0.4) is 0 Å². The zero-order valence-electron chi connectivity index (χ0n) is 17.4. The van der Waals surface area contributed by atoms with Gasteiger partial charge in [-0.15, -0.1) is 21.5 Å². The number of nitrogens with zero attached hydrogens (tertiary/aromatic N) is 4. The highest BCUT2D eigenvalue weighted by atomic mass is 35.5. The summed E-state index contributed by atoms with van der Waals surface area (Å²) in [7, 11) is 0. The minimum Gasteiger partial charge on any atom is -0.274 e. The van der Waals surface area contributed by atoms with Crippen LogP contribution in [0.1, 0.15) is 28.0 Å². The number of hydroxylamine groups is 1. The first-order valence-corrected chi connectivity index (χ1v) is 12.1. The molecule has 1 N–H and O–H groups in total. The molecule has 4 aromatic rings. The number of rotatable bonds is 8. The van der Waals surface area contributed by atoms with E-state index in [1.807, 2.05) is 60.0 Å². The van der Waals surface area contributed by atoms with Gasteiger partial charge in [-0.2, -0.15) is 0 Å². The lowest BCUT2D eigenvalue weighted by Gasteiger charge is -2.11. The smallest absolute Gasteiger partial charge is 0.274 e. The molecule has 10 heteroatoms. The van der Waals surface area contributed by atoms with Crippen molar-refractivity contribution in [1.29, 1.82) is 0 Å². The molecular weight excluding hydrogens is 466 g/mol. The molecular formula is C22H20ClN5O2S2. The van der Waals surface area contributed by atoms with Crippen molar-refractivity contribution in [2.24, 2.45) is 0 Å². The second kappa shape index (κ2) is 10.3. The summed E-state index contributed by atoms with van der Waals surface area (Å²) in [6.45, 7) is 4.23. The van der Waals surface area contributed by atoms with Crippen molar-refractivity contribution in [1.82, 2.24) is 25.2 Å². The molecule has 4 rings (SSSR count). The summed E-state index contributed by atoms with van der Waals surface area (Å²) in [6, 6.07) is 15.7. The van der Waals surface area contributed by atoms with Crippen molar-refractivity contribution in [2.45, 2.75) is 24.8 Å². The molecule has 0 unspecified atom stereocenters. The normalized spacial score (nSPS) is 11.0. The van der Waals surface area contributed by atoms with Crippen molar-refractivity contribution in [2.75, 3.05) is 6.61 Å². The van der Waals surface area contributed by atoms with Crippen LogP contribution in [-0.4, -0.2) is 32.3 Å². The van der Waals surface area contributed by atoms with Crippen LogP contribution in [0, 0.1) is 6.92 Å². The predicted molar refractivity (Wildman–Crippen MR) is 127 cm³/mol. The SMILES string of the molecule is CCONC(=O)c1csc(CSc2nnc(-c3ccccc3Cl)n2-c2ccc(C)cc2)n1. The third-order valence-corrected chi connectivity index (χ3v) is 6.76. The Morgan fingerprint density at radius 1 is 1.19 bits per heavy atom. The number of thioether (sulfide) groups is 1. The number of nitrogens with one attached hydrogen (secondary N) is 1. The minimum absolute atomic E-state index is 0.329. The van der Waals surface area contributed by atoms with Crippen molar-refractivity contribution in [3.8, 4) is 17.1 Å². The number of amides is 1. The Kier molecular flexibility index (Phi) is 7.21. The van der Waals surface area contributed by atoms with E-state index in [1.54, 1.807) is 12.3 Å². The van der Waals surface area contributed by atoms with E-state index in [9.17, 15) is 4.79 Å². The monoisotopic (exact) mass is 485 g/mol. The molecule has 0 atom stereocenters. The summed E-state index contributed by atoms with van der Waals surface area (Å²) in [6.07, 6.45) is 0. The first kappa shape index (κ1) is 22.5. The zero-order valence-corrected chi connectivity index (χ0v) is 19.8. The summed E-state index contributed by atoms with van der Waals surface area (Å²) in [5.74, 6) is 0.847. The molecule has 32 heavy (non-hydrogen) atoms. The molecule has 2 aromatic carbocycles. The third kappa shape index (κ3) is 5.02. The molecule has 0 fully saturated rings. The predicted octanol–water partition coefficient (Wildman–Crippen LogP) is 5.33. The van der Waals surface area contributed by atoms with Gasteiger partial charge in [-0.3, -0.25) is 14.2 Å². The second-order valence-corrected chi connectivity index (χ2v) is 9.03. The Labute approximate surface area is 198 Å².